The quantitative estimate of drug-likeness (QED) is 0.636. The largest absolute Gasteiger partial charge is 0.493 e. The van der Waals surface area contributed by atoms with Crippen LogP contribution in [0, 0.1) is 0 Å². The fraction of sp³-hybridized carbons (Fsp3) is 0.316. The predicted molar refractivity (Wildman–Crippen MR) is 100 cm³/mol. The molecule has 0 fully saturated rings. The molecule has 4 rings (SSSR count). The van der Waals surface area contributed by atoms with E-state index in [2.05, 4.69) is 10.3 Å². The van der Waals surface area contributed by atoms with E-state index in [4.69, 9.17) is 10.5 Å². The van der Waals surface area contributed by atoms with Crippen molar-refractivity contribution in [3.8, 4) is 5.75 Å². The number of ether oxygens (including phenoxy) is 1. The van der Waals surface area contributed by atoms with Gasteiger partial charge in [0.1, 0.15) is 5.75 Å². The molecule has 6 nitrogen and oxygen atoms in total. The van der Waals surface area contributed by atoms with Gasteiger partial charge >= 0.3 is 0 Å². The van der Waals surface area contributed by atoms with Crippen LogP contribution in [0.5, 0.6) is 5.75 Å². The number of nitrogens with zero attached hydrogens (tertiary/aromatic N) is 1. The maximum atomic E-state index is 12.3. The zero-order valence-corrected chi connectivity index (χ0v) is 15.1. The van der Waals surface area contributed by atoms with Crippen LogP contribution >= 0.6 is 0 Å². The lowest BCUT2D eigenvalue weighted by molar-refractivity contribution is 0.262. The van der Waals surface area contributed by atoms with Gasteiger partial charge in [0.15, 0.2) is 15.8 Å². The molecule has 2 atom stereocenters. The number of nitrogens with one attached hydrogen (secondary N) is 1. The third kappa shape index (κ3) is 3.14. The average molecular weight is 371 g/mol. The Labute approximate surface area is 153 Å². The first-order valence-electron chi connectivity index (χ1n) is 8.64. The molecule has 0 amide bonds. The second-order valence-electron chi connectivity index (χ2n) is 6.61. The van der Waals surface area contributed by atoms with Crippen molar-refractivity contribution < 1.29 is 13.2 Å². The molecule has 7 heteroatoms. The Morgan fingerprint density at radius 3 is 2.73 bits per heavy atom. The maximum Gasteiger partial charge on any atom is 0.189 e. The number of rotatable bonds is 3. The number of guanidine groups is 1. The Hall–Kier alpha value is -2.54. The lowest BCUT2D eigenvalue weighted by Gasteiger charge is -2.27. The molecule has 0 saturated heterocycles. The first-order valence-corrected chi connectivity index (χ1v) is 10.3. The third-order valence-corrected chi connectivity index (χ3v) is 6.76. The highest BCUT2D eigenvalue weighted by molar-refractivity contribution is 7.91. The second-order valence-corrected chi connectivity index (χ2v) is 8.62. The molecule has 0 aromatic heterocycles. The van der Waals surface area contributed by atoms with Crippen LogP contribution in [0.2, 0.25) is 0 Å². The number of para-hydroxylation sites is 1. The molecular weight excluding hydrogens is 350 g/mol. The molecular formula is C19H21N3O3S. The molecule has 136 valence electrons. The van der Waals surface area contributed by atoms with Crippen LogP contribution in [-0.2, 0) is 9.84 Å². The van der Waals surface area contributed by atoms with Gasteiger partial charge in [-0.05, 0) is 17.7 Å². The summed E-state index contributed by atoms with van der Waals surface area (Å²) in [6, 6.07) is 15.0. The summed E-state index contributed by atoms with van der Waals surface area (Å²) in [5.41, 5.74) is 7.97. The number of sulfone groups is 1. The van der Waals surface area contributed by atoms with Crippen LogP contribution in [0.4, 0.5) is 0 Å². The van der Waals surface area contributed by atoms with Crippen molar-refractivity contribution in [1.82, 2.24) is 5.32 Å². The molecule has 2 aliphatic heterocycles. The van der Waals surface area contributed by atoms with Crippen molar-refractivity contribution in [1.29, 1.82) is 0 Å². The lowest BCUT2D eigenvalue weighted by atomic mass is 10.0. The van der Waals surface area contributed by atoms with E-state index >= 15 is 0 Å². The first kappa shape index (κ1) is 16.9. The number of nitrogens with two attached hydrogens (primary N) is 1. The lowest BCUT2D eigenvalue weighted by Crippen LogP contribution is -2.37. The molecule has 2 aromatic rings. The van der Waals surface area contributed by atoms with Crippen molar-refractivity contribution in [2.24, 2.45) is 10.7 Å². The van der Waals surface area contributed by atoms with E-state index < -0.39 is 9.84 Å². The Bertz CT molecular complexity index is 956. The van der Waals surface area contributed by atoms with Crippen LogP contribution in [0.3, 0.4) is 0 Å². The van der Waals surface area contributed by atoms with E-state index in [-0.39, 0.29) is 17.7 Å². The number of aliphatic imine (C=N–C) groups is 1. The topological polar surface area (TPSA) is 93.8 Å². The summed E-state index contributed by atoms with van der Waals surface area (Å²) in [5, 5.41) is 3.24. The standard InChI is InChI=1S/C19H21N3O3S/c20-19(22-16-9-10-25-17-7-3-1-6-15(16)17)21-11-13-12-26(23,24)18-8-4-2-5-14(13)18/h1-8,13,16H,9-12H2,(H3,20,21,22). The molecule has 2 aliphatic rings. The summed E-state index contributed by atoms with van der Waals surface area (Å²) in [6.07, 6.45) is 0.799. The van der Waals surface area contributed by atoms with Gasteiger partial charge in [0.2, 0.25) is 0 Å². The van der Waals surface area contributed by atoms with Gasteiger partial charge in [-0.2, -0.15) is 0 Å². The zero-order valence-electron chi connectivity index (χ0n) is 14.3. The summed E-state index contributed by atoms with van der Waals surface area (Å²) in [7, 11) is -3.22. The van der Waals surface area contributed by atoms with Gasteiger partial charge in [-0.1, -0.05) is 36.4 Å². The van der Waals surface area contributed by atoms with E-state index in [1.54, 1.807) is 12.1 Å². The highest BCUT2D eigenvalue weighted by Gasteiger charge is 2.34. The fourth-order valence-electron chi connectivity index (χ4n) is 3.62. The van der Waals surface area contributed by atoms with E-state index in [1.807, 2.05) is 36.4 Å². The van der Waals surface area contributed by atoms with Crippen LogP contribution in [0.25, 0.3) is 0 Å². The SMILES string of the molecule is NC(=NCC1CS(=O)(=O)c2ccccc21)NC1CCOc2ccccc21. The summed E-state index contributed by atoms with van der Waals surface area (Å²) < 4.78 is 30.2. The molecule has 0 bridgehead atoms. The van der Waals surface area contributed by atoms with Crippen LogP contribution < -0.4 is 15.8 Å². The van der Waals surface area contributed by atoms with Crippen LogP contribution in [0.1, 0.15) is 29.5 Å². The summed E-state index contributed by atoms with van der Waals surface area (Å²) in [6.45, 7) is 0.968. The Balaban J connectivity index is 1.47. The summed E-state index contributed by atoms with van der Waals surface area (Å²) in [5.74, 6) is 1.12. The highest BCUT2D eigenvalue weighted by Crippen LogP contribution is 2.35. The maximum absolute atomic E-state index is 12.3. The molecule has 2 unspecified atom stereocenters. The second kappa shape index (κ2) is 6.64. The minimum absolute atomic E-state index is 0.0447. The monoisotopic (exact) mass is 371 g/mol. The molecule has 0 aliphatic carbocycles. The molecule has 0 saturated carbocycles. The zero-order chi connectivity index (χ0) is 18.1. The molecule has 0 spiro atoms. The third-order valence-electron chi connectivity index (χ3n) is 4.88. The fourth-order valence-corrected chi connectivity index (χ4v) is 5.50. The van der Waals surface area contributed by atoms with Gasteiger partial charge in [0.25, 0.3) is 0 Å². The van der Waals surface area contributed by atoms with Gasteiger partial charge in [-0.15, -0.1) is 0 Å². The molecule has 2 heterocycles. The number of hydrogen-bond donors (Lipinski definition) is 2. The number of hydrogen-bond acceptors (Lipinski definition) is 4. The van der Waals surface area contributed by atoms with Gasteiger partial charge in [-0.25, -0.2) is 8.42 Å². The molecule has 0 radical (unpaired) electrons. The van der Waals surface area contributed by atoms with Crippen molar-refractivity contribution >= 4 is 15.8 Å². The van der Waals surface area contributed by atoms with Gasteiger partial charge < -0.3 is 15.8 Å². The van der Waals surface area contributed by atoms with E-state index in [0.717, 1.165) is 23.3 Å². The Morgan fingerprint density at radius 2 is 1.88 bits per heavy atom. The predicted octanol–water partition coefficient (Wildman–Crippen LogP) is 1.99. The normalized spacial score (nSPS) is 23.6. The van der Waals surface area contributed by atoms with Crippen molar-refractivity contribution in [2.75, 3.05) is 18.9 Å². The minimum Gasteiger partial charge on any atom is -0.493 e. The highest BCUT2D eigenvalue weighted by atomic mass is 32.2. The van der Waals surface area contributed by atoms with E-state index in [9.17, 15) is 8.42 Å². The van der Waals surface area contributed by atoms with Gasteiger partial charge in [-0.3, -0.25) is 4.99 Å². The van der Waals surface area contributed by atoms with Crippen molar-refractivity contribution in [3.63, 3.8) is 0 Å². The Morgan fingerprint density at radius 1 is 1.15 bits per heavy atom. The van der Waals surface area contributed by atoms with Crippen LogP contribution in [-0.4, -0.2) is 33.3 Å². The molecule has 3 N–H and O–H groups in total. The van der Waals surface area contributed by atoms with E-state index in [0.29, 0.717) is 24.0 Å². The summed E-state index contributed by atoms with van der Waals surface area (Å²) in [4.78, 5) is 4.84. The van der Waals surface area contributed by atoms with Gasteiger partial charge in [0.05, 0.1) is 29.8 Å². The minimum atomic E-state index is -3.22. The Kier molecular flexibility index (Phi) is 4.32. The summed E-state index contributed by atoms with van der Waals surface area (Å²) >= 11 is 0. The van der Waals surface area contributed by atoms with Crippen molar-refractivity contribution in [3.05, 3.63) is 59.7 Å². The van der Waals surface area contributed by atoms with E-state index in [1.165, 1.54) is 0 Å². The van der Waals surface area contributed by atoms with Crippen LogP contribution in [0.15, 0.2) is 58.4 Å². The smallest absolute Gasteiger partial charge is 0.189 e. The van der Waals surface area contributed by atoms with Gasteiger partial charge in [0, 0.05) is 17.9 Å². The molecule has 26 heavy (non-hydrogen) atoms. The first-order chi connectivity index (χ1) is 12.5. The number of fused-ring (bicyclic) bond motifs is 2. The number of benzene rings is 2. The average Bonchev–Trinajstić information content (AvgIpc) is 2.91. The van der Waals surface area contributed by atoms with Crippen molar-refractivity contribution in [2.45, 2.75) is 23.3 Å². The molecule has 2 aromatic carbocycles.